The standard InChI is InChI=1S/C14H21F2N3O/c1-14(2,3)19-13(17-4)18-7-8-20-10-5-6-11(15)12(16)9-10/h5-6,9H,7-8H2,1-4H3,(H2,17,18,19). The van der Waals surface area contributed by atoms with Crippen molar-refractivity contribution in [2.45, 2.75) is 26.3 Å². The third kappa shape index (κ3) is 5.86. The number of aliphatic imine (C=N–C) groups is 1. The Labute approximate surface area is 118 Å². The molecule has 0 spiro atoms. The quantitative estimate of drug-likeness (QED) is 0.507. The fourth-order valence-electron chi connectivity index (χ4n) is 1.44. The van der Waals surface area contributed by atoms with Crippen LogP contribution in [-0.2, 0) is 0 Å². The fourth-order valence-corrected chi connectivity index (χ4v) is 1.44. The van der Waals surface area contributed by atoms with E-state index < -0.39 is 11.6 Å². The number of ether oxygens (including phenoxy) is 1. The zero-order valence-electron chi connectivity index (χ0n) is 12.3. The average Bonchev–Trinajstić information content (AvgIpc) is 2.36. The van der Waals surface area contributed by atoms with Crippen LogP contribution in [0.2, 0.25) is 0 Å². The van der Waals surface area contributed by atoms with Gasteiger partial charge in [-0.2, -0.15) is 0 Å². The molecule has 0 aliphatic rings. The maximum absolute atomic E-state index is 13.0. The van der Waals surface area contributed by atoms with Crippen LogP contribution in [0.4, 0.5) is 8.78 Å². The average molecular weight is 285 g/mol. The summed E-state index contributed by atoms with van der Waals surface area (Å²) in [5.41, 5.74) is -0.0945. The molecule has 0 radical (unpaired) electrons. The lowest BCUT2D eigenvalue weighted by Gasteiger charge is -2.23. The molecule has 1 rings (SSSR count). The van der Waals surface area contributed by atoms with E-state index in [0.717, 1.165) is 12.1 Å². The largest absolute Gasteiger partial charge is 0.492 e. The van der Waals surface area contributed by atoms with Gasteiger partial charge in [0.05, 0.1) is 6.54 Å². The van der Waals surface area contributed by atoms with Gasteiger partial charge in [0.25, 0.3) is 0 Å². The van der Waals surface area contributed by atoms with Crippen molar-refractivity contribution in [2.75, 3.05) is 20.2 Å². The van der Waals surface area contributed by atoms with Gasteiger partial charge in [0.2, 0.25) is 0 Å². The predicted molar refractivity (Wildman–Crippen MR) is 76.1 cm³/mol. The number of hydrogen-bond acceptors (Lipinski definition) is 2. The normalized spacial score (nSPS) is 12.2. The Bertz CT molecular complexity index is 470. The molecule has 0 unspecified atom stereocenters. The lowest BCUT2D eigenvalue weighted by Crippen LogP contribution is -2.48. The van der Waals surface area contributed by atoms with Gasteiger partial charge < -0.3 is 15.4 Å². The SMILES string of the molecule is CN=C(NCCOc1ccc(F)c(F)c1)NC(C)(C)C. The number of rotatable bonds is 4. The van der Waals surface area contributed by atoms with Gasteiger partial charge in [0.1, 0.15) is 12.4 Å². The van der Waals surface area contributed by atoms with Gasteiger partial charge in [-0.25, -0.2) is 8.78 Å². The Hall–Kier alpha value is -1.85. The van der Waals surface area contributed by atoms with Gasteiger partial charge in [0, 0.05) is 18.7 Å². The van der Waals surface area contributed by atoms with Gasteiger partial charge >= 0.3 is 0 Å². The van der Waals surface area contributed by atoms with E-state index in [1.165, 1.54) is 6.07 Å². The zero-order valence-corrected chi connectivity index (χ0v) is 12.3. The van der Waals surface area contributed by atoms with Gasteiger partial charge in [0.15, 0.2) is 17.6 Å². The number of hydrogen-bond donors (Lipinski definition) is 2. The van der Waals surface area contributed by atoms with Crippen LogP contribution in [0.15, 0.2) is 23.2 Å². The summed E-state index contributed by atoms with van der Waals surface area (Å²) in [6.45, 7) is 6.89. The van der Waals surface area contributed by atoms with Crippen LogP contribution >= 0.6 is 0 Å². The van der Waals surface area contributed by atoms with Crippen molar-refractivity contribution >= 4 is 5.96 Å². The lowest BCUT2D eigenvalue weighted by atomic mass is 10.1. The van der Waals surface area contributed by atoms with Crippen molar-refractivity contribution in [3.05, 3.63) is 29.8 Å². The third-order valence-corrected chi connectivity index (χ3v) is 2.27. The molecule has 1 aromatic rings. The summed E-state index contributed by atoms with van der Waals surface area (Å²) >= 11 is 0. The number of nitrogens with one attached hydrogen (secondary N) is 2. The Balaban J connectivity index is 2.35. The molecule has 1 aromatic carbocycles. The van der Waals surface area contributed by atoms with E-state index in [2.05, 4.69) is 15.6 Å². The second-order valence-corrected chi connectivity index (χ2v) is 5.30. The van der Waals surface area contributed by atoms with E-state index in [-0.39, 0.29) is 5.54 Å². The minimum Gasteiger partial charge on any atom is -0.492 e. The van der Waals surface area contributed by atoms with Crippen LogP contribution in [0.5, 0.6) is 5.75 Å². The molecule has 0 aliphatic heterocycles. The molecule has 0 fully saturated rings. The maximum Gasteiger partial charge on any atom is 0.191 e. The Morgan fingerprint density at radius 1 is 1.25 bits per heavy atom. The van der Waals surface area contributed by atoms with Crippen molar-refractivity contribution in [1.29, 1.82) is 0 Å². The van der Waals surface area contributed by atoms with Crippen LogP contribution in [-0.4, -0.2) is 31.7 Å². The highest BCUT2D eigenvalue weighted by Gasteiger charge is 2.11. The molecule has 112 valence electrons. The second kappa shape index (κ2) is 7.07. The van der Waals surface area contributed by atoms with E-state index in [1.807, 2.05) is 20.8 Å². The van der Waals surface area contributed by atoms with Gasteiger partial charge in [-0.3, -0.25) is 4.99 Å². The Morgan fingerprint density at radius 3 is 2.50 bits per heavy atom. The first-order chi connectivity index (χ1) is 9.31. The van der Waals surface area contributed by atoms with E-state index in [4.69, 9.17) is 4.74 Å². The van der Waals surface area contributed by atoms with Crippen molar-refractivity contribution in [2.24, 2.45) is 4.99 Å². The second-order valence-electron chi connectivity index (χ2n) is 5.30. The van der Waals surface area contributed by atoms with Crippen LogP contribution in [0.25, 0.3) is 0 Å². The number of nitrogens with zero attached hydrogens (tertiary/aromatic N) is 1. The van der Waals surface area contributed by atoms with Crippen LogP contribution in [0.3, 0.4) is 0 Å². The molecular formula is C14H21F2N3O. The van der Waals surface area contributed by atoms with Crippen molar-refractivity contribution in [3.8, 4) is 5.75 Å². The van der Waals surface area contributed by atoms with Crippen LogP contribution in [0.1, 0.15) is 20.8 Å². The summed E-state index contributed by atoms with van der Waals surface area (Å²) in [6, 6.07) is 3.45. The Kier molecular flexibility index (Phi) is 5.73. The van der Waals surface area contributed by atoms with Gasteiger partial charge in [-0.1, -0.05) is 0 Å². The summed E-state index contributed by atoms with van der Waals surface area (Å²) in [6.07, 6.45) is 0. The molecule has 4 nitrogen and oxygen atoms in total. The highest BCUT2D eigenvalue weighted by Crippen LogP contribution is 2.14. The molecule has 0 saturated carbocycles. The number of benzene rings is 1. The summed E-state index contributed by atoms with van der Waals surface area (Å²) in [4.78, 5) is 4.07. The molecule has 0 saturated heterocycles. The molecular weight excluding hydrogens is 264 g/mol. The van der Waals surface area contributed by atoms with E-state index in [9.17, 15) is 8.78 Å². The highest BCUT2D eigenvalue weighted by atomic mass is 19.2. The molecule has 0 atom stereocenters. The molecule has 0 aromatic heterocycles. The minimum absolute atomic E-state index is 0.0945. The molecule has 6 heteroatoms. The van der Waals surface area contributed by atoms with Crippen molar-refractivity contribution in [1.82, 2.24) is 10.6 Å². The third-order valence-electron chi connectivity index (χ3n) is 2.27. The van der Waals surface area contributed by atoms with Gasteiger partial charge in [-0.05, 0) is 32.9 Å². The number of halogens is 2. The molecule has 0 bridgehead atoms. The minimum atomic E-state index is -0.916. The van der Waals surface area contributed by atoms with Gasteiger partial charge in [-0.15, -0.1) is 0 Å². The monoisotopic (exact) mass is 285 g/mol. The van der Waals surface area contributed by atoms with Crippen molar-refractivity contribution in [3.63, 3.8) is 0 Å². The predicted octanol–water partition coefficient (Wildman–Crippen LogP) is 2.31. The smallest absolute Gasteiger partial charge is 0.191 e. The zero-order chi connectivity index (χ0) is 15.2. The topological polar surface area (TPSA) is 45.7 Å². The summed E-state index contributed by atoms with van der Waals surface area (Å²) in [7, 11) is 1.68. The summed E-state index contributed by atoms with van der Waals surface area (Å²) in [5, 5.41) is 6.26. The lowest BCUT2D eigenvalue weighted by molar-refractivity contribution is 0.318. The molecule has 0 heterocycles. The Morgan fingerprint density at radius 2 is 1.95 bits per heavy atom. The van der Waals surface area contributed by atoms with Crippen LogP contribution in [0, 0.1) is 11.6 Å². The molecule has 20 heavy (non-hydrogen) atoms. The van der Waals surface area contributed by atoms with E-state index >= 15 is 0 Å². The first-order valence-electron chi connectivity index (χ1n) is 6.38. The molecule has 2 N–H and O–H groups in total. The first-order valence-corrected chi connectivity index (χ1v) is 6.38. The number of guanidine groups is 1. The fraction of sp³-hybridized carbons (Fsp3) is 0.500. The summed E-state index contributed by atoms with van der Waals surface area (Å²) in [5.74, 6) is -0.846. The first kappa shape index (κ1) is 16.2. The maximum atomic E-state index is 13.0. The molecule has 0 aliphatic carbocycles. The van der Waals surface area contributed by atoms with E-state index in [0.29, 0.717) is 24.9 Å². The van der Waals surface area contributed by atoms with Crippen molar-refractivity contribution < 1.29 is 13.5 Å². The van der Waals surface area contributed by atoms with E-state index in [1.54, 1.807) is 7.05 Å². The molecule has 0 amide bonds. The highest BCUT2D eigenvalue weighted by molar-refractivity contribution is 5.80. The van der Waals surface area contributed by atoms with Crippen LogP contribution < -0.4 is 15.4 Å². The summed E-state index contributed by atoms with van der Waals surface area (Å²) < 4.78 is 31.0.